The van der Waals surface area contributed by atoms with Crippen molar-refractivity contribution in [1.29, 1.82) is 0 Å². The summed E-state index contributed by atoms with van der Waals surface area (Å²) in [6.07, 6.45) is 5.09. The zero-order valence-electron chi connectivity index (χ0n) is 15.7. The number of ether oxygens (including phenoxy) is 1. The van der Waals surface area contributed by atoms with E-state index in [-0.39, 0.29) is 5.91 Å². The summed E-state index contributed by atoms with van der Waals surface area (Å²) in [6.45, 7) is 6.70. The molecule has 142 valence electrons. The van der Waals surface area contributed by atoms with E-state index in [4.69, 9.17) is 14.7 Å². The minimum atomic E-state index is 0.0562. The van der Waals surface area contributed by atoms with Crippen molar-refractivity contribution in [2.75, 3.05) is 44.3 Å². The van der Waals surface area contributed by atoms with Gasteiger partial charge in [0.05, 0.1) is 18.8 Å². The van der Waals surface area contributed by atoms with Crippen LogP contribution in [-0.4, -0.2) is 65.2 Å². The molecule has 2 saturated heterocycles. The van der Waals surface area contributed by atoms with Crippen molar-refractivity contribution in [2.24, 2.45) is 0 Å². The van der Waals surface area contributed by atoms with Crippen molar-refractivity contribution >= 4 is 11.7 Å². The van der Waals surface area contributed by atoms with Gasteiger partial charge in [-0.05, 0) is 31.9 Å². The monoisotopic (exact) mass is 367 g/mol. The van der Waals surface area contributed by atoms with Crippen molar-refractivity contribution in [3.05, 3.63) is 47.7 Å². The number of rotatable bonds is 3. The summed E-state index contributed by atoms with van der Waals surface area (Å²) in [7, 11) is 0. The van der Waals surface area contributed by atoms with Gasteiger partial charge in [-0.1, -0.05) is 0 Å². The normalized spacial score (nSPS) is 18.6. The van der Waals surface area contributed by atoms with Gasteiger partial charge < -0.3 is 14.5 Å². The number of anilines is 1. The van der Waals surface area contributed by atoms with Crippen LogP contribution in [0, 0.1) is 6.92 Å². The van der Waals surface area contributed by atoms with Crippen LogP contribution in [0.3, 0.4) is 0 Å². The number of morpholine rings is 1. The summed E-state index contributed by atoms with van der Waals surface area (Å²) in [5, 5.41) is 0. The first-order valence-corrected chi connectivity index (χ1v) is 9.58. The minimum Gasteiger partial charge on any atom is -0.378 e. The molecule has 0 spiro atoms. The van der Waals surface area contributed by atoms with E-state index in [1.54, 1.807) is 18.5 Å². The van der Waals surface area contributed by atoms with Crippen LogP contribution >= 0.6 is 0 Å². The second-order valence-electron chi connectivity index (χ2n) is 7.13. The Balaban J connectivity index is 1.43. The summed E-state index contributed by atoms with van der Waals surface area (Å²) < 4.78 is 5.44. The molecular formula is C20H25N5O2. The molecule has 2 aliphatic rings. The molecule has 7 nitrogen and oxygen atoms in total. The number of piperidine rings is 1. The molecule has 0 saturated carbocycles. The molecule has 1 amide bonds. The average molecular weight is 367 g/mol. The van der Waals surface area contributed by atoms with E-state index in [1.165, 1.54) is 0 Å². The third kappa shape index (κ3) is 4.08. The van der Waals surface area contributed by atoms with Crippen LogP contribution in [0.4, 0.5) is 5.82 Å². The molecule has 0 radical (unpaired) electrons. The SMILES string of the molecule is Cc1cc(N2CCOCC2)nc(C2CCN(C(=O)c3cccnc3)CC2)n1. The van der Waals surface area contributed by atoms with Gasteiger partial charge >= 0.3 is 0 Å². The summed E-state index contributed by atoms with van der Waals surface area (Å²) in [5.74, 6) is 2.25. The zero-order chi connectivity index (χ0) is 18.6. The van der Waals surface area contributed by atoms with Crippen molar-refractivity contribution < 1.29 is 9.53 Å². The van der Waals surface area contributed by atoms with Crippen LogP contribution in [0.15, 0.2) is 30.6 Å². The smallest absolute Gasteiger partial charge is 0.255 e. The number of aryl methyl sites for hydroxylation is 1. The fourth-order valence-electron chi connectivity index (χ4n) is 3.72. The van der Waals surface area contributed by atoms with E-state index in [0.29, 0.717) is 11.5 Å². The van der Waals surface area contributed by atoms with E-state index in [9.17, 15) is 4.79 Å². The standard InChI is InChI=1S/C20H25N5O2/c1-15-13-18(24-9-11-27-12-10-24)23-19(22-15)16-4-7-25(8-5-16)20(26)17-3-2-6-21-14-17/h2-3,6,13-14,16H,4-5,7-12H2,1H3. The van der Waals surface area contributed by atoms with Crippen molar-refractivity contribution in [3.63, 3.8) is 0 Å². The largest absolute Gasteiger partial charge is 0.378 e. The van der Waals surface area contributed by atoms with Crippen LogP contribution in [-0.2, 0) is 4.74 Å². The molecule has 2 aromatic rings. The summed E-state index contributed by atoms with van der Waals surface area (Å²) >= 11 is 0. The fraction of sp³-hybridized carbons (Fsp3) is 0.500. The highest BCUT2D eigenvalue weighted by Crippen LogP contribution is 2.28. The van der Waals surface area contributed by atoms with Crippen molar-refractivity contribution in [1.82, 2.24) is 19.9 Å². The Labute approximate surface area is 159 Å². The molecule has 0 atom stereocenters. The molecule has 2 aromatic heterocycles. The number of pyridine rings is 1. The van der Waals surface area contributed by atoms with Crippen LogP contribution in [0.2, 0.25) is 0 Å². The van der Waals surface area contributed by atoms with Gasteiger partial charge in [0.25, 0.3) is 5.91 Å². The van der Waals surface area contributed by atoms with Crippen molar-refractivity contribution in [3.8, 4) is 0 Å². The van der Waals surface area contributed by atoms with Gasteiger partial charge in [-0.15, -0.1) is 0 Å². The van der Waals surface area contributed by atoms with Crippen LogP contribution < -0.4 is 4.90 Å². The first-order chi connectivity index (χ1) is 13.2. The quantitative estimate of drug-likeness (QED) is 0.827. The molecular weight excluding hydrogens is 342 g/mol. The highest BCUT2D eigenvalue weighted by molar-refractivity contribution is 5.93. The molecule has 0 N–H and O–H groups in total. The van der Waals surface area contributed by atoms with Crippen molar-refractivity contribution in [2.45, 2.75) is 25.7 Å². The lowest BCUT2D eigenvalue weighted by atomic mass is 9.95. The van der Waals surface area contributed by atoms with Gasteiger partial charge in [0.1, 0.15) is 11.6 Å². The number of hydrogen-bond acceptors (Lipinski definition) is 6. The van der Waals surface area contributed by atoms with Gasteiger partial charge in [0.2, 0.25) is 0 Å². The third-order valence-corrected chi connectivity index (χ3v) is 5.25. The second kappa shape index (κ2) is 8.00. The number of amides is 1. The first-order valence-electron chi connectivity index (χ1n) is 9.58. The number of carbonyl (C=O) groups excluding carboxylic acids is 1. The predicted molar refractivity (Wildman–Crippen MR) is 102 cm³/mol. The predicted octanol–water partition coefficient (Wildman–Crippen LogP) is 2.04. The Morgan fingerprint density at radius 3 is 2.63 bits per heavy atom. The van der Waals surface area contributed by atoms with Gasteiger partial charge in [0, 0.05) is 56.3 Å². The third-order valence-electron chi connectivity index (χ3n) is 5.25. The van der Waals surface area contributed by atoms with Gasteiger partial charge in [0.15, 0.2) is 0 Å². The molecule has 4 heterocycles. The number of likely N-dealkylation sites (tertiary alicyclic amines) is 1. The molecule has 0 aliphatic carbocycles. The zero-order valence-corrected chi connectivity index (χ0v) is 15.7. The Kier molecular flexibility index (Phi) is 5.29. The second-order valence-corrected chi connectivity index (χ2v) is 7.13. The van der Waals surface area contributed by atoms with E-state index in [1.807, 2.05) is 17.9 Å². The fourth-order valence-corrected chi connectivity index (χ4v) is 3.72. The maximum Gasteiger partial charge on any atom is 0.255 e. The maximum atomic E-state index is 12.6. The van der Waals surface area contributed by atoms with E-state index < -0.39 is 0 Å². The van der Waals surface area contributed by atoms with Gasteiger partial charge in [-0.2, -0.15) is 0 Å². The first kappa shape index (κ1) is 17.9. The van der Waals surface area contributed by atoms with E-state index in [0.717, 1.165) is 69.6 Å². The number of aromatic nitrogens is 3. The molecule has 0 aromatic carbocycles. The maximum absolute atomic E-state index is 12.6. The Morgan fingerprint density at radius 2 is 1.93 bits per heavy atom. The number of nitrogens with zero attached hydrogens (tertiary/aromatic N) is 5. The lowest BCUT2D eigenvalue weighted by Gasteiger charge is -2.32. The lowest BCUT2D eigenvalue weighted by molar-refractivity contribution is 0.0710. The molecule has 2 fully saturated rings. The van der Waals surface area contributed by atoms with E-state index in [2.05, 4.69) is 16.0 Å². The Morgan fingerprint density at radius 1 is 1.15 bits per heavy atom. The van der Waals surface area contributed by atoms with Crippen LogP contribution in [0.25, 0.3) is 0 Å². The molecule has 27 heavy (non-hydrogen) atoms. The molecule has 2 aliphatic heterocycles. The molecule has 7 heteroatoms. The highest BCUT2D eigenvalue weighted by atomic mass is 16.5. The average Bonchev–Trinajstić information content (AvgIpc) is 2.74. The van der Waals surface area contributed by atoms with E-state index >= 15 is 0 Å². The topological polar surface area (TPSA) is 71.5 Å². The van der Waals surface area contributed by atoms with Gasteiger partial charge in [-0.25, -0.2) is 9.97 Å². The molecule has 4 rings (SSSR count). The lowest BCUT2D eigenvalue weighted by Crippen LogP contribution is -2.39. The molecule has 0 bridgehead atoms. The molecule has 0 unspecified atom stereocenters. The van der Waals surface area contributed by atoms with Gasteiger partial charge in [-0.3, -0.25) is 9.78 Å². The number of carbonyl (C=O) groups is 1. The summed E-state index contributed by atoms with van der Waals surface area (Å²) in [4.78, 5) is 30.4. The van der Waals surface area contributed by atoms with Crippen LogP contribution in [0.1, 0.15) is 40.6 Å². The number of hydrogen-bond donors (Lipinski definition) is 0. The highest BCUT2D eigenvalue weighted by Gasteiger charge is 2.27. The Bertz CT molecular complexity index is 784. The summed E-state index contributed by atoms with van der Waals surface area (Å²) in [6, 6.07) is 5.67. The summed E-state index contributed by atoms with van der Waals surface area (Å²) in [5.41, 5.74) is 1.65. The van der Waals surface area contributed by atoms with Crippen LogP contribution in [0.5, 0.6) is 0 Å². The Hall–Kier alpha value is -2.54. The minimum absolute atomic E-state index is 0.0562.